The first kappa shape index (κ1) is 30.3. The normalized spacial score (nSPS) is 24.0. The smallest absolute Gasteiger partial charge is 0.309 e. The molecule has 2 heterocycles. The van der Waals surface area contributed by atoms with Gasteiger partial charge in [-0.15, -0.1) is 0 Å². The summed E-state index contributed by atoms with van der Waals surface area (Å²) < 4.78 is 11.0. The number of cyclic esters (lactones) is 1. The average molecular weight is 543 g/mol. The van der Waals surface area contributed by atoms with Crippen LogP contribution in [0.5, 0.6) is 0 Å². The number of nitrogens with one attached hydrogen (secondary N) is 1. The molecule has 0 bridgehead atoms. The number of aliphatic hydroxyl groups excluding tert-OH is 1. The van der Waals surface area contributed by atoms with Gasteiger partial charge in [-0.2, -0.15) is 0 Å². The first-order chi connectivity index (χ1) is 18.6. The van der Waals surface area contributed by atoms with E-state index in [9.17, 15) is 24.3 Å². The molecule has 39 heavy (non-hydrogen) atoms. The SMILES string of the molecule is CC(C)(C)OC(=O)C[C@H]1C/C=C\C[C@@H](CC(=O)N[C@@H](CO)Cc2ccccc2)C(=O)N2CCC[C@@H]2COC1=O. The zero-order chi connectivity index (χ0) is 28.4. The lowest BCUT2D eigenvalue weighted by atomic mass is 9.95. The summed E-state index contributed by atoms with van der Waals surface area (Å²) in [4.78, 5) is 53.4. The van der Waals surface area contributed by atoms with E-state index < -0.39 is 35.4 Å². The topological polar surface area (TPSA) is 122 Å². The standard InChI is InChI=1S/C30H42N2O7/c1-30(2,3)39-27(35)18-23-13-8-7-12-22(28(36)32-15-9-14-25(32)20-38-29(23)37)17-26(34)31-24(19-33)16-21-10-5-4-6-11-21/h4-8,10-11,22-25,33H,9,12-20H2,1-3H3,(H,31,34)/b8-7-/t22-,23+,24+,25+/m0/s1. The fourth-order valence-corrected chi connectivity index (χ4v) is 5.04. The number of ether oxygens (including phenoxy) is 2. The Morgan fingerprint density at radius 2 is 1.79 bits per heavy atom. The summed E-state index contributed by atoms with van der Waals surface area (Å²) in [5.74, 6) is -2.65. The van der Waals surface area contributed by atoms with Crippen LogP contribution in [0.3, 0.4) is 0 Å². The minimum atomic E-state index is -0.689. The van der Waals surface area contributed by atoms with E-state index in [2.05, 4.69) is 5.32 Å². The number of carbonyl (C=O) groups excluding carboxylic acids is 4. The second-order valence-electron chi connectivity index (χ2n) is 11.4. The molecule has 1 fully saturated rings. The van der Waals surface area contributed by atoms with Crippen molar-refractivity contribution >= 4 is 23.8 Å². The molecule has 0 spiro atoms. The number of hydrogen-bond donors (Lipinski definition) is 2. The molecule has 0 unspecified atom stereocenters. The molecule has 4 atom stereocenters. The molecule has 214 valence electrons. The summed E-state index contributed by atoms with van der Waals surface area (Å²) in [6.07, 6.45) is 6.02. The van der Waals surface area contributed by atoms with Gasteiger partial charge in [-0.3, -0.25) is 19.2 Å². The van der Waals surface area contributed by atoms with Crippen LogP contribution in [0.4, 0.5) is 0 Å². The molecule has 0 aliphatic carbocycles. The molecule has 1 saturated heterocycles. The van der Waals surface area contributed by atoms with Gasteiger partial charge in [0.25, 0.3) is 0 Å². The Labute approximate surface area is 230 Å². The number of esters is 2. The number of rotatable bonds is 8. The van der Waals surface area contributed by atoms with E-state index in [1.165, 1.54) is 0 Å². The van der Waals surface area contributed by atoms with Crippen molar-refractivity contribution in [3.05, 3.63) is 48.0 Å². The van der Waals surface area contributed by atoms with Crippen LogP contribution < -0.4 is 5.32 Å². The average Bonchev–Trinajstić information content (AvgIpc) is 3.35. The summed E-state index contributed by atoms with van der Waals surface area (Å²) in [6, 6.07) is 8.88. The Morgan fingerprint density at radius 1 is 1.10 bits per heavy atom. The minimum Gasteiger partial charge on any atom is -0.463 e. The minimum absolute atomic E-state index is 0.0151. The highest BCUT2D eigenvalue weighted by Gasteiger charge is 2.36. The summed E-state index contributed by atoms with van der Waals surface area (Å²) in [7, 11) is 0. The molecular weight excluding hydrogens is 500 g/mol. The van der Waals surface area contributed by atoms with E-state index in [0.717, 1.165) is 12.0 Å². The van der Waals surface area contributed by atoms with Crippen molar-refractivity contribution in [2.75, 3.05) is 19.8 Å². The lowest BCUT2D eigenvalue weighted by Crippen LogP contribution is -2.45. The number of amides is 2. The predicted octanol–water partition coefficient (Wildman–Crippen LogP) is 2.94. The quantitative estimate of drug-likeness (QED) is 0.383. The zero-order valence-electron chi connectivity index (χ0n) is 23.3. The summed E-state index contributed by atoms with van der Waals surface area (Å²) >= 11 is 0. The van der Waals surface area contributed by atoms with E-state index in [-0.39, 0.29) is 50.3 Å². The molecule has 9 nitrogen and oxygen atoms in total. The number of aliphatic hydroxyl groups is 1. The van der Waals surface area contributed by atoms with Gasteiger partial charge in [0, 0.05) is 13.0 Å². The molecule has 9 heteroatoms. The second kappa shape index (κ2) is 14.3. The van der Waals surface area contributed by atoms with Crippen LogP contribution in [0.2, 0.25) is 0 Å². The van der Waals surface area contributed by atoms with Crippen molar-refractivity contribution in [3.63, 3.8) is 0 Å². The van der Waals surface area contributed by atoms with Crippen LogP contribution in [0.15, 0.2) is 42.5 Å². The van der Waals surface area contributed by atoms with E-state index >= 15 is 0 Å². The highest BCUT2D eigenvalue weighted by molar-refractivity contribution is 5.86. The fourth-order valence-electron chi connectivity index (χ4n) is 5.04. The molecule has 0 saturated carbocycles. The Hall–Kier alpha value is -3.20. The highest BCUT2D eigenvalue weighted by Crippen LogP contribution is 2.26. The molecule has 3 rings (SSSR count). The van der Waals surface area contributed by atoms with E-state index in [1.54, 1.807) is 37.8 Å². The van der Waals surface area contributed by atoms with E-state index in [4.69, 9.17) is 9.47 Å². The maximum absolute atomic E-state index is 13.5. The molecule has 0 aromatic heterocycles. The predicted molar refractivity (Wildman–Crippen MR) is 145 cm³/mol. The molecule has 2 aliphatic heterocycles. The Bertz CT molecular complexity index is 1020. The van der Waals surface area contributed by atoms with Crippen LogP contribution in [-0.4, -0.2) is 71.2 Å². The van der Waals surface area contributed by atoms with Gasteiger partial charge in [0.05, 0.1) is 36.9 Å². The van der Waals surface area contributed by atoms with Crippen LogP contribution in [0.25, 0.3) is 0 Å². The van der Waals surface area contributed by atoms with Gasteiger partial charge < -0.3 is 24.8 Å². The lowest BCUT2D eigenvalue weighted by Gasteiger charge is -2.29. The largest absolute Gasteiger partial charge is 0.463 e. The third kappa shape index (κ3) is 9.80. The van der Waals surface area contributed by atoms with Gasteiger partial charge in [0.2, 0.25) is 11.8 Å². The monoisotopic (exact) mass is 542 g/mol. The number of fused-ring (bicyclic) bond motifs is 1. The molecular formula is C30H42N2O7. The summed E-state index contributed by atoms with van der Waals surface area (Å²) in [5, 5.41) is 12.7. The van der Waals surface area contributed by atoms with Gasteiger partial charge in [0.15, 0.2) is 0 Å². The van der Waals surface area contributed by atoms with Crippen LogP contribution >= 0.6 is 0 Å². The number of carbonyl (C=O) groups is 4. The van der Waals surface area contributed by atoms with Crippen molar-refractivity contribution in [1.29, 1.82) is 0 Å². The molecule has 2 N–H and O–H groups in total. The van der Waals surface area contributed by atoms with Gasteiger partial charge in [-0.05, 0) is 58.4 Å². The number of nitrogens with zero attached hydrogens (tertiary/aromatic N) is 1. The first-order valence-corrected chi connectivity index (χ1v) is 13.8. The third-order valence-electron chi connectivity index (χ3n) is 6.94. The van der Waals surface area contributed by atoms with E-state index in [0.29, 0.717) is 25.8 Å². The Morgan fingerprint density at radius 3 is 2.46 bits per heavy atom. The van der Waals surface area contributed by atoms with Crippen molar-refractivity contribution < 1.29 is 33.8 Å². The van der Waals surface area contributed by atoms with Crippen molar-refractivity contribution in [2.24, 2.45) is 11.8 Å². The maximum atomic E-state index is 13.5. The maximum Gasteiger partial charge on any atom is 0.309 e. The molecule has 2 amide bonds. The number of allylic oxidation sites excluding steroid dienone is 2. The highest BCUT2D eigenvalue weighted by atomic mass is 16.6. The van der Waals surface area contributed by atoms with Gasteiger partial charge in [-0.1, -0.05) is 42.5 Å². The van der Waals surface area contributed by atoms with Crippen molar-refractivity contribution in [1.82, 2.24) is 10.2 Å². The van der Waals surface area contributed by atoms with Gasteiger partial charge in [-0.25, -0.2) is 0 Å². The molecule has 1 aromatic carbocycles. The van der Waals surface area contributed by atoms with Gasteiger partial charge >= 0.3 is 11.9 Å². The van der Waals surface area contributed by atoms with Crippen LogP contribution in [-0.2, 0) is 35.1 Å². The number of hydrogen-bond acceptors (Lipinski definition) is 7. The third-order valence-corrected chi connectivity index (χ3v) is 6.94. The number of benzene rings is 1. The Kier molecular flexibility index (Phi) is 11.1. The summed E-state index contributed by atoms with van der Waals surface area (Å²) in [6.45, 7) is 5.71. The Balaban J connectivity index is 1.69. The van der Waals surface area contributed by atoms with Crippen LogP contribution in [0.1, 0.15) is 64.9 Å². The second-order valence-corrected chi connectivity index (χ2v) is 11.4. The molecule has 0 radical (unpaired) electrons. The zero-order valence-corrected chi connectivity index (χ0v) is 23.3. The fraction of sp³-hybridized carbons (Fsp3) is 0.600. The van der Waals surface area contributed by atoms with Crippen LogP contribution in [0, 0.1) is 11.8 Å². The first-order valence-electron chi connectivity index (χ1n) is 13.8. The van der Waals surface area contributed by atoms with Crippen molar-refractivity contribution in [3.8, 4) is 0 Å². The van der Waals surface area contributed by atoms with E-state index in [1.807, 2.05) is 30.3 Å². The lowest BCUT2D eigenvalue weighted by molar-refractivity contribution is -0.162. The van der Waals surface area contributed by atoms with Crippen molar-refractivity contribution in [2.45, 2.75) is 83.4 Å². The van der Waals surface area contributed by atoms with Gasteiger partial charge in [0.1, 0.15) is 12.2 Å². The molecule has 1 aromatic rings. The molecule has 2 aliphatic rings. The summed E-state index contributed by atoms with van der Waals surface area (Å²) in [5.41, 5.74) is 0.342.